The number of aliphatic hydroxyl groups excluding tert-OH is 1. The van der Waals surface area contributed by atoms with Crippen molar-refractivity contribution in [2.24, 2.45) is 0 Å². The molecule has 2 aromatic carbocycles. The molecule has 1 N–H and O–H groups in total. The molecule has 4 aromatic rings. The number of carbonyl (C=O) groups is 2. The molecule has 8 heteroatoms. The molecule has 1 aliphatic rings. The summed E-state index contributed by atoms with van der Waals surface area (Å²) >= 11 is 6.07. The summed E-state index contributed by atoms with van der Waals surface area (Å²) in [5.41, 5.74) is 2.74. The Hall–Kier alpha value is -4.10. The highest BCUT2D eigenvalue weighted by molar-refractivity contribution is 6.31. The Morgan fingerprint density at radius 2 is 1.89 bits per heavy atom. The highest BCUT2D eigenvalue weighted by Gasteiger charge is 2.44. The van der Waals surface area contributed by atoms with Gasteiger partial charge in [-0.25, -0.2) is 0 Å². The van der Waals surface area contributed by atoms with E-state index in [0.717, 1.165) is 5.69 Å². The predicted molar refractivity (Wildman–Crippen MR) is 134 cm³/mol. The monoisotopic (exact) mass is 487 g/mol. The number of pyridine rings is 1. The van der Waals surface area contributed by atoms with Crippen molar-refractivity contribution < 1.29 is 19.1 Å². The summed E-state index contributed by atoms with van der Waals surface area (Å²) in [4.78, 5) is 34.6. The molecule has 1 amide bonds. The SMILES string of the molecule is CN(C)c1ccc(C2C(C(=O)c3cc4cc(Cl)ccc4o3)=C(O)C(=O)N2Cc2ccccn2)cc1. The number of furan rings is 1. The molecule has 7 nitrogen and oxygen atoms in total. The Morgan fingerprint density at radius 1 is 1.11 bits per heavy atom. The summed E-state index contributed by atoms with van der Waals surface area (Å²) < 4.78 is 5.77. The van der Waals surface area contributed by atoms with E-state index in [1.807, 2.05) is 49.3 Å². The Bertz CT molecular complexity index is 1460. The fourth-order valence-electron chi connectivity index (χ4n) is 4.28. The number of hydrogen-bond donors (Lipinski definition) is 1. The van der Waals surface area contributed by atoms with E-state index >= 15 is 0 Å². The van der Waals surface area contributed by atoms with E-state index in [1.165, 1.54) is 4.90 Å². The zero-order valence-corrected chi connectivity index (χ0v) is 19.9. The Balaban J connectivity index is 1.59. The van der Waals surface area contributed by atoms with Crippen molar-refractivity contribution in [3.05, 3.63) is 106 Å². The minimum atomic E-state index is -0.815. The molecule has 0 radical (unpaired) electrons. The fourth-order valence-corrected chi connectivity index (χ4v) is 4.46. The first-order valence-corrected chi connectivity index (χ1v) is 11.4. The molecule has 0 aliphatic carbocycles. The van der Waals surface area contributed by atoms with Crippen molar-refractivity contribution in [3.8, 4) is 0 Å². The average Bonchev–Trinajstić information content (AvgIpc) is 3.38. The van der Waals surface area contributed by atoms with Gasteiger partial charge in [0.25, 0.3) is 5.91 Å². The van der Waals surface area contributed by atoms with E-state index in [0.29, 0.717) is 27.2 Å². The summed E-state index contributed by atoms with van der Waals surface area (Å²) in [5, 5.41) is 12.1. The van der Waals surface area contributed by atoms with E-state index in [-0.39, 0.29) is 17.9 Å². The molecule has 1 atom stereocenters. The van der Waals surface area contributed by atoms with E-state index in [1.54, 1.807) is 42.6 Å². The van der Waals surface area contributed by atoms with Gasteiger partial charge in [-0.05, 0) is 54.1 Å². The van der Waals surface area contributed by atoms with Crippen LogP contribution in [0.15, 0.2) is 88.7 Å². The normalized spacial score (nSPS) is 15.8. The third-order valence-electron chi connectivity index (χ3n) is 6.03. The molecule has 0 fully saturated rings. The van der Waals surface area contributed by atoms with Crippen LogP contribution in [0.1, 0.15) is 27.9 Å². The van der Waals surface area contributed by atoms with E-state index in [2.05, 4.69) is 4.98 Å². The van der Waals surface area contributed by atoms with Crippen molar-refractivity contribution in [1.29, 1.82) is 0 Å². The maximum Gasteiger partial charge on any atom is 0.290 e. The van der Waals surface area contributed by atoms with Gasteiger partial charge >= 0.3 is 0 Å². The summed E-state index contributed by atoms with van der Waals surface area (Å²) in [6.07, 6.45) is 1.63. The smallest absolute Gasteiger partial charge is 0.290 e. The summed E-state index contributed by atoms with van der Waals surface area (Å²) in [6.45, 7) is 0.121. The lowest BCUT2D eigenvalue weighted by Gasteiger charge is -2.27. The number of aromatic nitrogens is 1. The predicted octanol–water partition coefficient (Wildman–Crippen LogP) is 5.33. The fraction of sp³-hybridized carbons (Fsp3) is 0.148. The van der Waals surface area contributed by atoms with Gasteiger partial charge in [-0.2, -0.15) is 0 Å². The van der Waals surface area contributed by atoms with Crippen molar-refractivity contribution in [2.45, 2.75) is 12.6 Å². The number of aliphatic hydroxyl groups is 1. The second-order valence-electron chi connectivity index (χ2n) is 8.53. The van der Waals surface area contributed by atoms with Crippen molar-refractivity contribution in [3.63, 3.8) is 0 Å². The molecule has 5 rings (SSSR count). The molecule has 0 saturated carbocycles. The first kappa shape index (κ1) is 22.7. The second kappa shape index (κ2) is 8.92. The molecular formula is C27H22ClN3O4. The third kappa shape index (κ3) is 4.15. The highest BCUT2D eigenvalue weighted by Crippen LogP contribution is 2.41. The van der Waals surface area contributed by atoms with Gasteiger partial charge in [-0.3, -0.25) is 14.6 Å². The van der Waals surface area contributed by atoms with E-state index < -0.39 is 23.5 Å². The number of anilines is 1. The Morgan fingerprint density at radius 3 is 2.57 bits per heavy atom. The number of rotatable bonds is 6. The van der Waals surface area contributed by atoms with Crippen LogP contribution in [-0.2, 0) is 11.3 Å². The van der Waals surface area contributed by atoms with Crippen LogP contribution >= 0.6 is 11.6 Å². The maximum absolute atomic E-state index is 13.7. The molecule has 1 aliphatic heterocycles. The number of halogens is 1. The van der Waals surface area contributed by atoms with Gasteiger partial charge in [0.15, 0.2) is 11.5 Å². The molecular weight excluding hydrogens is 466 g/mol. The van der Waals surface area contributed by atoms with E-state index in [9.17, 15) is 14.7 Å². The van der Waals surface area contributed by atoms with Crippen LogP contribution < -0.4 is 4.90 Å². The number of amides is 1. The lowest BCUT2D eigenvalue weighted by atomic mass is 9.94. The number of Topliss-reactive ketones (excluding diaryl/α,β-unsaturated/α-hetero) is 1. The van der Waals surface area contributed by atoms with Crippen LogP contribution in [0.4, 0.5) is 5.69 Å². The molecule has 2 aromatic heterocycles. The number of hydrogen-bond acceptors (Lipinski definition) is 6. The molecule has 1 unspecified atom stereocenters. The Kier molecular flexibility index (Phi) is 5.78. The number of fused-ring (bicyclic) bond motifs is 1. The maximum atomic E-state index is 13.7. The second-order valence-corrected chi connectivity index (χ2v) is 8.96. The Labute approximate surface area is 206 Å². The number of ketones is 1. The topological polar surface area (TPSA) is 86.9 Å². The average molecular weight is 488 g/mol. The van der Waals surface area contributed by atoms with Crippen molar-refractivity contribution in [2.75, 3.05) is 19.0 Å². The quantitative estimate of drug-likeness (QED) is 0.370. The van der Waals surface area contributed by atoms with Gasteiger partial charge < -0.3 is 19.3 Å². The van der Waals surface area contributed by atoms with Crippen molar-refractivity contribution >= 4 is 39.9 Å². The molecule has 176 valence electrons. The first-order valence-electron chi connectivity index (χ1n) is 11.0. The summed E-state index contributed by atoms with van der Waals surface area (Å²) in [5.74, 6) is -1.77. The largest absolute Gasteiger partial charge is 0.503 e. The van der Waals surface area contributed by atoms with Crippen molar-refractivity contribution in [1.82, 2.24) is 9.88 Å². The first-order chi connectivity index (χ1) is 16.8. The summed E-state index contributed by atoms with van der Waals surface area (Å²) in [6, 6.07) is 18.7. The zero-order chi connectivity index (χ0) is 24.7. The lowest BCUT2D eigenvalue weighted by Crippen LogP contribution is -2.31. The van der Waals surface area contributed by atoms with Crippen LogP contribution in [0.3, 0.4) is 0 Å². The van der Waals surface area contributed by atoms with Gasteiger partial charge in [0.2, 0.25) is 5.78 Å². The van der Waals surface area contributed by atoms with Crippen LogP contribution in [0.25, 0.3) is 11.0 Å². The zero-order valence-electron chi connectivity index (χ0n) is 19.1. The van der Waals surface area contributed by atoms with Gasteiger partial charge in [-0.1, -0.05) is 29.8 Å². The third-order valence-corrected chi connectivity index (χ3v) is 6.27. The molecule has 0 spiro atoms. The minimum absolute atomic E-state index is 0.0196. The van der Waals surface area contributed by atoms with Gasteiger partial charge in [0, 0.05) is 36.4 Å². The molecule has 3 heterocycles. The van der Waals surface area contributed by atoms with Crippen LogP contribution in [0.2, 0.25) is 5.02 Å². The molecule has 0 saturated heterocycles. The van der Waals surface area contributed by atoms with Gasteiger partial charge in [-0.15, -0.1) is 0 Å². The summed E-state index contributed by atoms with van der Waals surface area (Å²) in [7, 11) is 3.85. The van der Waals surface area contributed by atoms with Gasteiger partial charge in [0.05, 0.1) is 23.9 Å². The van der Waals surface area contributed by atoms with Gasteiger partial charge in [0.1, 0.15) is 5.58 Å². The highest BCUT2D eigenvalue weighted by atomic mass is 35.5. The van der Waals surface area contributed by atoms with Crippen LogP contribution in [0.5, 0.6) is 0 Å². The molecule has 35 heavy (non-hydrogen) atoms. The number of benzene rings is 2. The van der Waals surface area contributed by atoms with E-state index in [4.69, 9.17) is 16.0 Å². The minimum Gasteiger partial charge on any atom is -0.503 e. The molecule has 0 bridgehead atoms. The number of nitrogens with zero attached hydrogens (tertiary/aromatic N) is 3. The lowest BCUT2D eigenvalue weighted by molar-refractivity contribution is -0.130. The standard InChI is InChI=1S/C27H22ClN3O4/c1-30(2)20-9-6-16(7-10-20)24-23(25(32)22-14-17-13-18(28)8-11-21(17)35-22)26(33)27(34)31(24)15-19-5-3-4-12-29-19/h3-14,24,33H,15H2,1-2H3. The van der Waals surface area contributed by atoms with Crippen LogP contribution in [0, 0.1) is 0 Å². The number of carbonyl (C=O) groups excluding carboxylic acids is 2. The van der Waals surface area contributed by atoms with Crippen LogP contribution in [-0.4, -0.2) is 40.8 Å².